The van der Waals surface area contributed by atoms with Crippen LogP contribution in [0.15, 0.2) is 48.5 Å². The fourth-order valence-electron chi connectivity index (χ4n) is 1.78. The molecule has 0 heterocycles. The molecular weight excluding hydrogens is 281 g/mol. The van der Waals surface area contributed by atoms with Crippen LogP contribution in [-0.2, 0) is 0 Å². The van der Waals surface area contributed by atoms with Crippen molar-refractivity contribution in [3.8, 4) is 5.75 Å². The number of hydrogen-bond donors (Lipinski definition) is 1. The van der Waals surface area contributed by atoms with Crippen molar-refractivity contribution in [3.05, 3.63) is 64.1 Å². The minimum atomic E-state index is 0.108. The Balaban J connectivity index is 2.01. The molecule has 0 aliphatic rings. The summed E-state index contributed by atoms with van der Waals surface area (Å²) in [5.74, 6) is 0.765. The summed E-state index contributed by atoms with van der Waals surface area (Å²) in [6, 6.07) is 15.2. The average molecular weight is 296 g/mol. The predicted octanol–water partition coefficient (Wildman–Crippen LogP) is 4.33. The van der Waals surface area contributed by atoms with Gasteiger partial charge >= 0.3 is 0 Å². The third kappa shape index (κ3) is 4.13. The molecule has 1 N–H and O–H groups in total. The number of halogens is 2. The molecule has 0 radical (unpaired) electrons. The second kappa shape index (κ2) is 6.80. The molecule has 0 amide bonds. The Hall–Kier alpha value is -1.22. The van der Waals surface area contributed by atoms with Gasteiger partial charge < -0.3 is 10.1 Å². The Labute approximate surface area is 123 Å². The van der Waals surface area contributed by atoms with Crippen molar-refractivity contribution >= 4 is 23.2 Å². The van der Waals surface area contributed by atoms with Crippen molar-refractivity contribution in [2.45, 2.75) is 6.04 Å². The van der Waals surface area contributed by atoms with Crippen LogP contribution >= 0.6 is 23.2 Å². The van der Waals surface area contributed by atoms with Gasteiger partial charge in [-0.3, -0.25) is 0 Å². The molecule has 0 aliphatic heterocycles. The molecule has 1 unspecified atom stereocenters. The van der Waals surface area contributed by atoms with Crippen molar-refractivity contribution in [2.24, 2.45) is 0 Å². The normalized spacial score (nSPS) is 12.2. The van der Waals surface area contributed by atoms with Crippen LogP contribution in [0, 0.1) is 0 Å². The van der Waals surface area contributed by atoms with E-state index in [1.165, 1.54) is 0 Å². The van der Waals surface area contributed by atoms with Gasteiger partial charge in [0.15, 0.2) is 0 Å². The van der Waals surface area contributed by atoms with Crippen LogP contribution in [-0.4, -0.2) is 13.7 Å². The topological polar surface area (TPSA) is 21.3 Å². The molecule has 1 atom stereocenters. The smallest absolute Gasteiger partial charge is 0.120 e. The summed E-state index contributed by atoms with van der Waals surface area (Å²) in [5, 5.41) is 4.62. The fourth-order valence-corrected chi connectivity index (χ4v) is 2.08. The first-order valence-corrected chi connectivity index (χ1v) is 6.76. The molecule has 4 heteroatoms. The summed E-state index contributed by atoms with van der Waals surface area (Å²) < 4.78 is 5.74. The van der Waals surface area contributed by atoms with Crippen molar-refractivity contribution in [1.29, 1.82) is 0 Å². The lowest BCUT2D eigenvalue weighted by Crippen LogP contribution is -2.23. The summed E-state index contributed by atoms with van der Waals surface area (Å²) >= 11 is 11.8. The van der Waals surface area contributed by atoms with Crippen LogP contribution in [0.25, 0.3) is 0 Å². The van der Waals surface area contributed by atoms with Crippen molar-refractivity contribution in [1.82, 2.24) is 5.32 Å². The second-order valence-corrected chi connectivity index (χ2v) is 5.03. The van der Waals surface area contributed by atoms with E-state index < -0.39 is 0 Å². The zero-order valence-corrected chi connectivity index (χ0v) is 12.1. The molecule has 19 heavy (non-hydrogen) atoms. The van der Waals surface area contributed by atoms with Gasteiger partial charge in [0.25, 0.3) is 0 Å². The van der Waals surface area contributed by atoms with E-state index in [1.54, 1.807) is 6.07 Å². The molecule has 2 aromatic carbocycles. The van der Waals surface area contributed by atoms with Gasteiger partial charge in [0.05, 0.1) is 6.04 Å². The van der Waals surface area contributed by atoms with Crippen molar-refractivity contribution in [2.75, 3.05) is 13.7 Å². The van der Waals surface area contributed by atoms with E-state index >= 15 is 0 Å². The second-order valence-electron chi connectivity index (χ2n) is 4.16. The molecule has 0 aromatic heterocycles. The van der Waals surface area contributed by atoms with Gasteiger partial charge in [-0.1, -0.05) is 41.4 Å². The predicted molar refractivity (Wildman–Crippen MR) is 80.2 cm³/mol. The van der Waals surface area contributed by atoms with Crippen LogP contribution in [0.5, 0.6) is 5.75 Å². The van der Waals surface area contributed by atoms with E-state index in [0.29, 0.717) is 11.6 Å². The number of nitrogens with one attached hydrogen (secondary N) is 1. The molecule has 0 spiro atoms. The molecule has 2 aromatic rings. The third-order valence-corrected chi connectivity index (χ3v) is 3.32. The van der Waals surface area contributed by atoms with E-state index in [-0.39, 0.29) is 6.04 Å². The van der Waals surface area contributed by atoms with E-state index in [1.807, 2.05) is 49.5 Å². The highest BCUT2D eigenvalue weighted by Crippen LogP contribution is 2.20. The van der Waals surface area contributed by atoms with E-state index in [0.717, 1.165) is 16.3 Å². The zero-order chi connectivity index (χ0) is 13.7. The Bertz CT molecular complexity index is 528. The van der Waals surface area contributed by atoms with Gasteiger partial charge in [0, 0.05) is 10.0 Å². The Morgan fingerprint density at radius 3 is 2.42 bits per heavy atom. The number of rotatable bonds is 5. The molecule has 0 fully saturated rings. The third-order valence-electron chi connectivity index (χ3n) is 2.83. The highest BCUT2D eigenvalue weighted by atomic mass is 35.5. The standard InChI is InChI=1S/C15H15Cl2NO/c1-18-15(11-5-7-12(16)8-6-11)10-19-14-4-2-3-13(17)9-14/h2-9,15,18H,10H2,1H3. The molecule has 0 aliphatic carbocycles. The van der Waals surface area contributed by atoms with Gasteiger partial charge in [-0.25, -0.2) is 0 Å². The Morgan fingerprint density at radius 1 is 1.05 bits per heavy atom. The lowest BCUT2D eigenvalue weighted by Gasteiger charge is -2.17. The minimum Gasteiger partial charge on any atom is -0.492 e. The first kappa shape index (κ1) is 14.2. The fraction of sp³-hybridized carbons (Fsp3) is 0.200. The van der Waals surface area contributed by atoms with Crippen LogP contribution in [0.2, 0.25) is 10.0 Å². The maximum atomic E-state index is 5.92. The van der Waals surface area contributed by atoms with Crippen LogP contribution in [0.4, 0.5) is 0 Å². The van der Waals surface area contributed by atoms with E-state index in [4.69, 9.17) is 27.9 Å². The monoisotopic (exact) mass is 295 g/mol. The van der Waals surface area contributed by atoms with E-state index in [9.17, 15) is 0 Å². The van der Waals surface area contributed by atoms with Gasteiger partial charge in [0.1, 0.15) is 12.4 Å². The largest absolute Gasteiger partial charge is 0.492 e. The number of hydrogen-bond acceptors (Lipinski definition) is 2. The van der Waals surface area contributed by atoms with Crippen molar-refractivity contribution in [3.63, 3.8) is 0 Å². The minimum absolute atomic E-state index is 0.108. The summed E-state index contributed by atoms with van der Waals surface area (Å²) in [6.07, 6.45) is 0. The number of benzene rings is 2. The average Bonchev–Trinajstić information content (AvgIpc) is 2.41. The first-order chi connectivity index (χ1) is 9.19. The summed E-state index contributed by atoms with van der Waals surface area (Å²) in [4.78, 5) is 0. The molecule has 100 valence electrons. The van der Waals surface area contributed by atoms with E-state index in [2.05, 4.69) is 5.32 Å². The summed E-state index contributed by atoms with van der Waals surface area (Å²) in [6.45, 7) is 0.526. The SMILES string of the molecule is CNC(COc1cccc(Cl)c1)c1ccc(Cl)cc1. The maximum Gasteiger partial charge on any atom is 0.120 e. The highest BCUT2D eigenvalue weighted by Gasteiger charge is 2.10. The summed E-state index contributed by atoms with van der Waals surface area (Å²) in [5.41, 5.74) is 1.13. The molecule has 0 saturated carbocycles. The quantitative estimate of drug-likeness (QED) is 0.886. The number of ether oxygens (including phenoxy) is 1. The van der Waals surface area contributed by atoms with Gasteiger partial charge in [-0.2, -0.15) is 0 Å². The molecule has 0 saturated heterocycles. The molecule has 2 rings (SSSR count). The van der Waals surface area contributed by atoms with Crippen LogP contribution < -0.4 is 10.1 Å². The maximum absolute atomic E-state index is 5.92. The Kier molecular flexibility index (Phi) is 5.08. The Morgan fingerprint density at radius 2 is 1.79 bits per heavy atom. The number of likely N-dealkylation sites (N-methyl/N-ethyl adjacent to an activating group) is 1. The van der Waals surface area contributed by atoms with Crippen LogP contribution in [0.3, 0.4) is 0 Å². The summed E-state index contributed by atoms with van der Waals surface area (Å²) in [7, 11) is 1.90. The zero-order valence-electron chi connectivity index (χ0n) is 10.6. The van der Waals surface area contributed by atoms with Crippen molar-refractivity contribution < 1.29 is 4.74 Å². The van der Waals surface area contributed by atoms with Gasteiger partial charge in [0.2, 0.25) is 0 Å². The first-order valence-electron chi connectivity index (χ1n) is 6.00. The molecule has 2 nitrogen and oxygen atoms in total. The van der Waals surface area contributed by atoms with Gasteiger partial charge in [-0.05, 0) is 42.9 Å². The molecule has 0 bridgehead atoms. The van der Waals surface area contributed by atoms with Gasteiger partial charge in [-0.15, -0.1) is 0 Å². The lowest BCUT2D eigenvalue weighted by molar-refractivity contribution is 0.273. The molecular formula is C15H15Cl2NO. The lowest BCUT2D eigenvalue weighted by atomic mass is 10.1. The highest BCUT2D eigenvalue weighted by molar-refractivity contribution is 6.30. The van der Waals surface area contributed by atoms with Crippen LogP contribution in [0.1, 0.15) is 11.6 Å².